The predicted molar refractivity (Wildman–Crippen MR) is 126 cm³/mol. The summed E-state index contributed by atoms with van der Waals surface area (Å²) in [6.07, 6.45) is 5.08. The number of amides is 1. The molecule has 1 aliphatic heterocycles. The van der Waals surface area contributed by atoms with Crippen LogP contribution in [0.1, 0.15) is 20.8 Å². The Balaban J connectivity index is 1.70. The van der Waals surface area contributed by atoms with E-state index in [1.807, 2.05) is 39.0 Å². The van der Waals surface area contributed by atoms with E-state index in [1.165, 1.54) is 0 Å². The largest absolute Gasteiger partial charge is 0.495 e. The number of anilines is 2. The first kappa shape index (κ1) is 22.6. The summed E-state index contributed by atoms with van der Waals surface area (Å²) in [6.45, 7) is 8.38. The van der Waals surface area contributed by atoms with Gasteiger partial charge >= 0.3 is 0 Å². The van der Waals surface area contributed by atoms with Crippen molar-refractivity contribution in [1.82, 2.24) is 19.9 Å². The third-order valence-electron chi connectivity index (χ3n) is 5.24. The van der Waals surface area contributed by atoms with Crippen LogP contribution in [0.15, 0.2) is 42.9 Å². The number of rotatable bonds is 5. The Hall–Kier alpha value is -3.59. The second kappa shape index (κ2) is 9.50. The van der Waals surface area contributed by atoms with Crippen LogP contribution in [0.3, 0.4) is 0 Å². The van der Waals surface area contributed by atoms with E-state index in [0.717, 1.165) is 35.7 Å². The van der Waals surface area contributed by atoms with E-state index in [2.05, 4.69) is 20.2 Å². The van der Waals surface area contributed by atoms with Crippen molar-refractivity contribution in [2.75, 3.05) is 43.6 Å². The third-order valence-corrected chi connectivity index (χ3v) is 5.24. The molecule has 0 aromatic carbocycles. The van der Waals surface area contributed by atoms with Crippen molar-refractivity contribution in [2.45, 2.75) is 20.8 Å². The van der Waals surface area contributed by atoms with Crippen LogP contribution in [0.4, 0.5) is 11.6 Å². The average molecular weight is 449 g/mol. The maximum atomic E-state index is 12.3. The van der Waals surface area contributed by atoms with Crippen molar-refractivity contribution in [3.63, 3.8) is 0 Å². The van der Waals surface area contributed by atoms with Crippen molar-refractivity contribution >= 4 is 17.5 Å². The number of nitrogens with zero attached hydrogens (tertiary/aromatic N) is 5. The second-order valence-electron chi connectivity index (χ2n) is 8.78. The summed E-state index contributed by atoms with van der Waals surface area (Å²) >= 11 is 0. The van der Waals surface area contributed by atoms with E-state index in [-0.39, 0.29) is 5.91 Å². The molecule has 0 bridgehead atoms. The molecule has 33 heavy (non-hydrogen) atoms. The first-order valence-corrected chi connectivity index (χ1v) is 10.8. The number of aromatic nitrogens is 4. The molecule has 1 saturated heterocycles. The average Bonchev–Trinajstić information content (AvgIpc) is 2.84. The van der Waals surface area contributed by atoms with Crippen molar-refractivity contribution in [2.24, 2.45) is 5.41 Å². The maximum Gasteiger partial charge on any atom is 0.230 e. The van der Waals surface area contributed by atoms with Gasteiger partial charge in [0.1, 0.15) is 17.4 Å². The standard InChI is InChI=1S/C24H28N6O3/c1-24(2,3)23(31)28-20-6-5-16(14-26-20)22-27-19(17-11-18(32-4)15-25-13-17)12-21(29-22)30-7-9-33-10-8-30/h5-6,11-15H,7-10H2,1-4H3,(H,26,28,31). The lowest BCUT2D eigenvalue weighted by molar-refractivity contribution is -0.123. The molecule has 0 radical (unpaired) electrons. The summed E-state index contributed by atoms with van der Waals surface area (Å²) in [6, 6.07) is 7.47. The summed E-state index contributed by atoms with van der Waals surface area (Å²) in [7, 11) is 1.61. The second-order valence-corrected chi connectivity index (χ2v) is 8.78. The van der Waals surface area contributed by atoms with Crippen LogP contribution < -0.4 is 15.0 Å². The molecule has 1 N–H and O–H groups in total. The Labute approximate surface area is 193 Å². The van der Waals surface area contributed by atoms with Crippen LogP contribution in [0.2, 0.25) is 0 Å². The molecule has 1 amide bonds. The number of methoxy groups -OCH3 is 1. The number of hydrogen-bond donors (Lipinski definition) is 1. The van der Waals surface area contributed by atoms with Gasteiger partial charge in [0, 0.05) is 48.1 Å². The molecule has 4 heterocycles. The summed E-state index contributed by atoms with van der Waals surface area (Å²) < 4.78 is 10.8. The fourth-order valence-corrected chi connectivity index (χ4v) is 3.24. The smallest absolute Gasteiger partial charge is 0.230 e. The molecule has 3 aromatic rings. The third kappa shape index (κ3) is 5.43. The minimum absolute atomic E-state index is 0.0962. The lowest BCUT2D eigenvalue weighted by atomic mass is 9.96. The van der Waals surface area contributed by atoms with Crippen LogP contribution >= 0.6 is 0 Å². The molecule has 0 aliphatic carbocycles. The number of carbonyl (C=O) groups is 1. The minimum Gasteiger partial charge on any atom is -0.495 e. The molecule has 0 atom stereocenters. The van der Waals surface area contributed by atoms with Gasteiger partial charge in [-0.3, -0.25) is 9.78 Å². The summed E-state index contributed by atoms with van der Waals surface area (Å²) in [5, 5.41) is 2.84. The molecule has 1 fully saturated rings. The molecule has 3 aromatic heterocycles. The van der Waals surface area contributed by atoms with Gasteiger partial charge in [-0.1, -0.05) is 20.8 Å². The summed E-state index contributed by atoms with van der Waals surface area (Å²) in [4.78, 5) is 32.7. The zero-order chi connectivity index (χ0) is 23.4. The molecule has 0 spiro atoms. The fraction of sp³-hybridized carbons (Fsp3) is 0.375. The van der Waals surface area contributed by atoms with E-state index in [9.17, 15) is 4.79 Å². The molecule has 9 heteroatoms. The van der Waals surface area contributed by atoms with E-state index in [0.29, 0.717) is 30.6 Å². The van der Waals surface area contributed by atoms with Crippen molar-refractivity contribution in [1.29, 1.82) is 0 Å². The highest BCUT2D eigenvalue weighted by molar-refractivity contribution is 5.93. The van der Waals surface area contributed by atoms with Gasteiger partial charge in [-0.2, -0.15) is 0 Å². The van der Waals surface area contributed by atoms with Gasteiger partial charge in [-0.05, 0) is 18.2 Å². The van der Waals surface area contributed by atoms with E-state index < -0.39 is 5.41 Å². The molecule has 172 valence electrons. The van der Waals surface area contributed by atoms with E-state index >= 15 is 0 Å². The van der Waals surface area contributed by atoms with Gasteiger partial charge in [0.05, 0.1) is 32.2 Å². The Bertz CT molecular complexity index is 1120. The SMILES string of the molecule is COc1cncc(-c2cc(N3CCOCC3)nc(-c3ccc(NC(=O)C(C)(C)C)nc3)n2)c1. The van der Waals surface area contributed by atoms with Gasteiger partial charge in [-0.25, -0.2) is 15.0 Å². The molecule has 9 nitrogen and oxygen atoms in total. The van der Waals surface area contributed by atoms with Crippen LogP contribution in [0.5, 0.6) is 5.75 Å². The summed E-state index contributed by atoms with van der Waals surface area (Å²) in [5.41, 5.74) is 1.80. The molecular formula is C24H28N6O3. The fourth-order valence-electron chi connectivity index (χ4n) is 3.24. The van der Waals surface area contributed by atoms with Gasteiger partial charge in [0.25, 0.3) is 0 Å². The molecule has 0 saturated carbocycles. The van der Waals surface area contributed by atoms with Gasteiger partial charge < -0.3 is 19.7 Å². The monoisotopic (exact) mass is 448 g/mol. The van der Waals surface area contributed by atoms with Crippen LogP contribution in [0.25, 0.3) is 22.6 Å². The Morgan fingerprint density at radius 1 is 1.06 bits per heavy atom. The lowest BCUT2D eigenvalue weighted by Gasteiger charge is -2.28. The Morgan fingerprint density at radius 2 is 1.85 bits per heavy atom. The first-order chi connectivity index (χ1) is 15.8. The van der Waals surface area contributed by atoms with Gasteiger partial charge in [0.15, 0.2) is 5.82 Å². The maximum absolute atomic E-state index is 12.3. The van der Waals surface area contributed by atoms with E-state index in [4.69, 9.17) is 19.4 Å². The summed E-state index contributed by atoms with van der Waals surface area (Å²) in [5.74, 6) is 2.40. The van der Waals surface area contributed by atoms with Crippen LogP contribution in [-0.4, -0.2) is 59.3 Å². The minimum atomic E-state index is -0.504. The topological polar surface area (TPSA) is 102 Å². The van der Waals surface area contributed by atoms with Crippen LogP contribution in [0, 0.1) is 5.41 Å². The first-order valence-electron chi connectivity index (χ1n) is 10.8. The molecule has 0 unspecified atom stereocenters. The zero-order valence-corrected chi connectivity index (χ0v) is 19.3. The normalized spacial score (nSPS) is 14.1. The van der Waals surface area contributed by atoms with Crippen molar-refractivity contribution < 1.29 is 14.3 Å². The number of carbonyl (C=O) groups excluding carboxylic acids is 1. The van der Waals surface area contributed by atoms with Crippen molar-refractivity contribution in [3.05, 3.63) is 42.9 Å². The van der Waals surface area contributed by atoms with Gasteiger partial charge in [0.2, 0.25) is 5.91 Å². The lowest BCUT2D eigenvalue weighted by Crippen LogP contribution is -2.36. The number of ether oxygens (including phenoxy) is 2. The Morgan fingerprint density at radius 3 is 2.52 bits per heavy atom. The molecule has 4 rings (SSSR count). The highest BCUT2D eigenvalue weighted by Gasteiger charge is 2.22. The predicted octanol–water partition coefficient (Wildman–Crippen LogP) is 3.43. The number of morpholine rings is 1. The molecular weight excluding hydrogens is 420 g/mol. The zero-order valence-electron chi connectivity index (χ0n) is 19.3. The highest BCUT2D eigenvalue weighted by atomic mass is 16.5. The van der Waals surface area contributed by atoms with Gasteiger partial charge in [-0.15, -0.1) is 0 Å². The number of nitrogens with one attached hydrogen (secondary N) is 1. The number of hydrogen-bond acceptors (Lipinski definition) is 8. The number of pyridine rings is 2. The van der Waals surface area contributed by atoms with Crippen LogP contribution in [-0.2, 0) is 9.53 Å². The quantitative estimate of drug-likeness (QED) is 0.633. The Kier molecular flexibility index (Phi) is 6.50. The van der Waals surface area contributed by atoms with Crippen molar-refractivity contribution in [3.8, 4) is 28.4 Å². The van der Waals surface area contributed by atoms with E-state index in [1.54, 1.807) is 31.8 Å². The highest BCUT2D eigenvalue weighted by Crippen LogP contribution is 2.28. The molecule has 1 aliphatic rings.